The van der Waals surface area contributed by atoms with Crippen molar-refractivity contribution < 1.29 is 4.39 Å². The fourth-order valence-electron chi connectivity index (χ4n) is 2.96. The van der Waals surface area contributed by atoms with E-state index in [4.69, 9.17) is 0 Å². The van der Waals surface area contributed by atoms with Crippen LogP contribution in [0.5, 0.6) is 0 Å². The van der Waals surface area contributed by atoms with Crippen LogP contribution in [0.1, 0.15) is 5.56 Å². The van der Waals surface area contributed by atoms with Gasteiger partial charge in [-0.15, -0.1) is 0 Å². The predicted molar refractivity (Wildman–Crippen MR) is 88.0 cm³/mol. The summed E-state index contributed by atoms with van der Waals surface area (Å²) in [7, 11) is 1.85. The van der Waals surface area contributed by atoms with Gasteiger partial charge in [0, 0.05) is 36.4 Å². The van der Waals surface area contributed by atoms with Crippen molar-refractivity contribution in [1.82, 2.24) is 14.1 Å². The monoisotopic (exact) mass is 307 g/mol. The minimum atomic E-state index is -0.304. The van der Waals surface area contributed by atoms with Gasteiger partial charge in [0.2, 0.25) is 0 Å². The van der Waals surface area contributed by atoms with Crippen molar-refractivity contribution in [3.8, 4) is 0 Å². The molecular formula is C18H14FN3O. The van der Waals surface area contributed by atoms with E-state index in [1.165, 1.54) is 6.07 Å². The number of benzene rings is 1. The van der Waals surface area contributed by atoms with Gasteiger partial charge >= 0.3 is 0 Å². The zero-order chi connectivity index (χ0) is 16.0. The third-order valence-corrected chi connectivity index (χ3v) is 4.14. The third kappa shape index (κ3) is 2.12. The lowest BCUT2D eigenvalue weighted by atomic mass is 10.1. The number of rotatable bonds is 2. The van der Waals surface area contributed by atoms with Crippen molar-refractivity contribution in [3.63, 3.8) is 0 Å². The summed E-state index contributed by atoms with van der Waals surface area (Å²) in [5, 5.41) is 1.38. The summed E-state index contributed by atoms with van der Waals surface area (Å²) in [5.41, 5.74) is 2.00. The number of hydrogen-bond donors (Lipinski definition) is 0. The Balaban J connectivity index is 1.89. The molecule has 0 amide bonds. The van der Waals surface area contributed by atoms with Crippen LogP contribution in [0.2, 0.25) is 0 Å². The SMILES string of the molecule is Cn1ccc2ccn(Cc3ccc(F)c4cccnc34)c(=O)c21. The Morgan fingerprint density at radius 2 is 1.96 bits per heavy atom. The second-order valence-corrected chi connectivity index (χ2v) is 5.59. The Morgan fingerprint density at radius 3 is 2.83 bits per heavy atom. The zero-order valence-corrected chi connectivity index (χ0v) is 12.5. The summed E-state index contributed by atoms with van der Waals surface area (Å²) in [5.74, 6) is -0.304. The van der Waals surface area contributed by atoms with Crippen LogP contribution in [-0.2, 0) is 13.6 Å². The van der Waals surface area contributed by atoms with Gasteiger partial charge in [-0.05, 0) is 35.9 Å². The van der Waals surface area contributed by atoms with Gasteiger partial charge in [0.05, 0.1) is 12.1 Å². The highest BCUT2D eigenvalue weighted by Crippen LogP contribution is 2.20. The molecule has 4 nitrogen and oxygen atoms in total. The summed E-state index contributed by atoms with van der Waals surface area (Å²) in [6, 6.07) is 10.3. The van der Waals surface area contributed by atoms with E-state index in [1.54, 1.807) is 35.2 Å². The van der Waals surface area contributed by atoms with Crippen LogP contribution in [0.15, 0.2) is 59.8 Å². The summed E-state index contributed by atoms with van der Waals surface area (Å²) in [6.45, 7) is 0.355. The van der Waals surface area contributed by atoms with E-state index in [-0.39, 0.29) is 11.4 Å². The first-order valence-electron chi connectivity index (χ1n) is 7.32. The van der Waals surface area contributed by atoms with Crippen molar-refractivity contribution >= 4 is 21.8 Å². The van der Waals surface area contributed by atoms with Crippen molar-refractivity contribution in [2.24, 2.45) is 7.05 Å². The van der Waals surface area contributed by atoms with Crippen LogP contribution in [0.4, 0.5) is 4.39 Å². The maximum atomic E-state index is 13.9. The highest BCUT2D eigenvalue weighted by atomic mass is 19.1. The summed E-state index contributed by atoms with van der Waals surface area (Å²) < 4.78 is 17.3. The fraction of sp³-hybridized carbons (Fsp3) is 0.111. The molecule has 0 atom stereocenters. The van der Waals surface area contributed by atoms with Crippen molar-refractivity contribution in [3.05, 3.63) is 76.7 Å². The number of aromatic nitrogens is 3. The average molecular weight is 307 g/mol. The molecule has 1 aromatic carbocycles. The van der Waals surface area contributed by atoms with E-state index >= 15 is 0 Å². The van der Waals surface area contributed by atoms with Gasteiger partial charge in [-0.25, -0.2) is 4.39 Å². The number of fused-ring (bicyclic) bond motifs is 2. The molecule has 0 saturated heterocycles. The molecule has 0 N–H and O–H groups in total. The summed E-state index contributed by atoms with van der Waals surface area (Å²) in [6.07, 6.45) is 5.27. The molecule has 23 heavy (non-hydrogen) atoms. The molecule has 5 heteroatoms. The smallest absolute Gasteiger partial charge is 0.275 e. The Hall–Kier alpha value is -2.95. The number of hydrogen-bond acceptors (Lipinski definition) is 2. The van der Waals surface area contributed by atoms with Gasteiger partial charge in [0.15, 0.2) is 0 Å². The number of halogens is 1. The van der Waals surface area contributed by atoms with E-state index in [0.717, 1.165) is 10.9 Å². The van der Waals surface area contributed by atoms with E-state index < -0.39 is 0 Å². The average Bonchev–Trinajstić information content (AvgIpc) is 2.95. The van der Waals surface area contributed by atoms with Gasteiger partial charge < -0.3 is 9.13 Å². The highest BCUT2D eigenvalue weighted by Gasteiger charge is 2.10. The Labute approximate surface area is 131 Å². The van der Waals surface area contributed by atoms with E-state index in [1.807, 2.05) is 29.9 Å². The van der Waals surface area contributed by atoms with Gasteiger partial charge in [-0.2, -0.15) is 0 Å². The standard InChI is InChI=1S/C18H14FN3O/c1-21-9-6-12-7-10-22(18(23)17(12)21)11-13-4-5-15(19)14-3-2-8-20-16(13)14/h2-10H,11H2,1H3. The number of pyridine rings is 2. The first kappa shape index (κ1) is 13.7. The molecule has 4 aromatic rings. The maximum absolute atomic E-state index is 13.9. The highest BCUT2D eigenvalue weighted by molar-refractivity contribution is 5.82. The minimum absolute atomic E-state index is 0.0663. The lowest BCUT2D eigenvalue weighted by Crippen LogP contribution is -2.21. The van der Waals surface area contributed by atoms with Crippen LogP contribution in [0, 0.1) is 5.82 Å². The van der Waals surface area contributed by atoms with Crippen LogP contribution in [0.25, 0.3) is 21.8 Å². The van der Waals surface area contributed by atoms with Gasteiger partial charge in [-0.1, -0.05) is 6.07 Å². The molecule has 0 aliphatic rings. The number of aryl methyl sites for hydroxylation is 1. The molecular weight excluding hydrogens is 293 g/mol. The molecule has 0 bridgehead atoms. The molecule has 4 rings (SSSR count). The van der Waals surface area contributed by atoms with Crippen molar-refractivity contribution in [2.45, 2.75) is 6.54 Å². The Bertz CT molecular complexity index is 1090. The van der Waals surface area contributed by atoms with E-state index in [9.17, 15) is 9.18 Å². The van der Waals surface area contributed by atoms with Crippen molar-refractivity contribution in [2.75, 3.05) is 0 Å². The van der Waals surface area contributed by atoms with Crippen LogP contribution in [0.3, 0.4) is 0 Å². The van der Waals surface area contributed by atoms with Gasteiger partial charge in [0.1, 0.15) is 11.3 Å². The first-order chi connectivity index (χ1) is 11.1. The van der Waals surface area contributed by atoms with Gasteiger partial charge in [0.25, 0.3) is 5.56 Å². The lowest BCUT2D eigenvalue weighted by molar-refractivity contribution is 0.638. The zero-order valence-electron chi connectivity index (χ0n) is 12.5. The molecule has 3 aromatic heterocycles. The first-order valence-corrected chi connectivity index (χ1v) is 7.32. The van der Waals surface area contributed by atoms with Crippen LogP contribution in [-0.4, -0.2) is 14.1 Å². The molecule has 3 heterocycles. The second kappa shape index (κ2) is 5.05. The second-order valence-electron chi connectivity index (χ2n) is 5.59. The Kier molecular flexibility index (Phi) is 3.01. The molecule has 0 aliphatic heterocycles. The van der Waals surface area contributed by atoms with Crippen LogP contribution >= 0.6 is 0 Å². The lowest BCUT2D eigenvalue weighted by Gasteiger charge is -2.09. The molecule has 0 aliphatic carbocycles. The molecule has 0 saturated carbocycles. The predicted octanol–water partition coefficient (Wildman–Crippen LogP) is 3.08. The number of nitrogens with zero attached hydrogens (tertiary/aromatic N) is 3. The third-order valence-electron chi connectivity index (χ3n) is 4.14. The Morgan fingerprint density at radius 1 is 1.13 bits per heavy atom. The molecule has 0 fully saturated rings. The normalized spacial score (nSPS) is 11.4. The molecule has 114 valence electrons. The molecule has 0 unspecified atom stereocenters. The summed E-state index contributed by atoms with van der Waals surface area (Å²) in [4.78, 5) is 16.9. The molecule has 0 spiro atoms. The minimum Gasteiger partial charge on any atom is -0.346 e. The van der Waals surface area contributed by atoms with Crippen LogP contribution < -0.4 is 5.56 Å². The topological polar surface area (TPSA) is 39.8 Å². The quantitative estimate of drug-likeness (QED) is 0.571. The van der Waals surface area contributed by atoms with E-state index in [2.05, 4.69) is 4.98 Å². The van der Waals surface area contributed by atoms with Crippen molar-refractivity contribution in [1.29, 1.82) is 0 Å². The summed E-state index contributed by atoms with van der Waals surface area (Å²) >= 11 is 0. The van der Waals surface area contributed by atoms with E-state index in [0.29, 0.717) is 23.0 Å². The van der Waals surface area contributed by atoms with Gasteiger partial charge in [-0.3, -0.25) is 9.78 Å². The maximum Gasteiger partial charge on any atom is 0.275 e. The fourth-order valence-corrected chi connectivity index (χ4v) is 2.96. The largest absolute Gasteiger partial charge is 0.346 e. The molecule has 0 radical (unpaired) electrons.